The van der Waals surface area contributed by atoms with Gasteiger partial charge in [-0.15, -0.1) is 11.3 Å². The highest BCUT2D eigenvalue weighted by Crippen LogP contribution is 2.13. The van der Waals surface area contributed by atoms with Gasteiger partial charge in [-0.05, 0) is 25.1 Å². The van der Waals surface area contributed by atoms with Crippen LogP contribution in [0.4, 0.5) is 0 Å². The molecule has 0 unspecified atom stereocenters. The van der Waals surface area contributed by atoms with E-state index in [1.165, 1.54) is 4.88 Å². The van der Waals surface area contributed by atoms with E-state index in [1.807, 2.05) is 30.5 Å². The topological polar surface area (TPSA) is 49.0 Å². The Labute approximate surface area is 98.3 Å². The normalized spacial score (nSPS) is 10.2. The van der Waals surface area contributed by atoms with Crippen LogP contribution < -0.4 is 5.32 Å². The molecule has 2 aromatic rings. The number of hydrogen-bond acceptors (Lipinski definition) is 4. The monoisotopic (exact) mass is 232 g/mol. The van der Waals surface area contributed by atoms with Crippen molar-refractivity contribution in [3.8, 4) is 6.07 Å². The van der Waals surface area contributed by atoms with Crippen molar-refractivity contribution in [2.45, 2.75) is 20.0 Å². The van der Waals surface area contributed by atoms with Gasteiger partial charge in [0.2, 0.25) is 0 Å². The fourth-order valence-electron chi connectivity index (χ4n) is 1.42. The van der Waals surface area contributed by atoms with E-state index in [0.29, 0.717) is 6.54 Å². The standard InChI is InChI=1S/C12H12N2OS/c1-9-2-3-11(15-9)6-14-7-12-4-10(5-13)8-16-12/h2-4,8,14H,6-7H2,1H3. The van der Waals surface area contributed by atoms with Crippen molar-refractivity contribution in [3.63, 3.8) is 0 Å². The van der Waals surface area contributed by atoms with Crippen LogP contribution in [-0.2, 0) is 13.1 Å². The molecule has 2 rings (SSSR count). The molecule has 4 heteroatoms. The number of thiophene rings is 1. The summed E-state index contributed by atoms with van der Waals surface area (Å²) in [6.45, 7) is 3.42. The van der Waals surface area contributed by atoms with Gasteiger partial charge in [0.15, 0.2) is 0 Å². The van der Waals surface area contributed by atoms with E-state index in [-0.39, 0.29) is 0 Å². The molecule has 0 bridgehead atoms. The summed E-state index contributed by atoms with van der Waals surface area (Å²) in [5.41, 5.74) is 0.732. The first-order chi connectivity index (χ1) is 7.78. The molecule has 0 saturated heterocycles. The molecule has 0 saturated carbocycles. The van der Waals surface area contributed by atoms with E-state index >= 15 is 0 Å². The zero-order valence-electron chi connectivity index (χ0n) is 8.99. The van der Waals surface area contributed by atoms with Crippen LogP contribution in [0, 0.1) is 18.3 Å². The van der Waals surface area contributed by atoms with Crippen LogP contribution in [0.2, 0.25) is 0 Å². The van der Waals surface area contributed by atoms with Crippen LogP contribution in [0.25, 0.3) is 0 Å². The van der Waals surface area contributed by atoms with Crippen molar-refractivity contribution in [2.75, 3.05) is 0 Å². The average Bonchev–Trinajstić information content (AvgIpc) is 2.88. The maximum absolute atomic E-state index is 8.68. The summed E-state index contributed by atoms with van der Waals surface area (Å²) in [6, 6.07) is 7.95. The van der Waals surface area contributed by atoms with Crippen LogP contribution in [0.1, 0.15) is 22.0 Å². The number of nitrogens with one attached hydrogen (secondary N) is 1. The minimum Gasteiger partial charge on any atom is -0.465 e. The van der Waals surface area contributed by atoms with Gasteiger partial charge in [0, 0.05) is 16.8 Å². The molecule has 2 aromatic heterocycles. The number of rotatable bonds is 4. The molecule has 0 fully saturated rings. The van der Waals surface area contributed by atoms with Crippen molar-refractivity contribution in [1.82, 2.24) is 5.32 Å². The van der Waals surface area contributed by atoms with Gasteiger partial charge in [0.05, 0.1) is 12.1 Å². The van der Waals surface area contributed by atoms with Crippen LogP contribution in [0.3, 0.4) is 0 Å². The van der Waals surface area contributed by atoms with Gasteiger partial charge in [0.1, 0.15) is 17.6 Å². The molecule has 0 aliphatic carbocycles. The van der Waals surface area contributed by atoms with Gasteiger partial charge in [-0.1, -0.05) is 0 Å². The van der Waals surface area contributed by atoms with Crippen LogP contribution in [0.15, 0.2) is 28.0 Å². The first-order valence-electron chi connectivity index (χ1n) is 5.01. The molecular weight excluding hydrogens is 220 g/mol. The lowest BCUT2D eigenvalue weighted by Crippen LogP contribution is -2.10. The largest absolute Gasteiger partial charge is 0.465 e. The summed E-state index contributed by atoms with van der Waals surface area (Å²) in [5.74, 6) is 1.87. The Morgan fingerprint density at radius 3 is 2.94 bits per heavy atom. The molecule has 2 heterocycles. The summed E-state index contributed by atoms with van der Waals surface area (Å²) < 4.78 is 5.44. The zero-order valence-corrected chi connectivity index (χ0v) is 9.80. The Hall–Kier alpha value is -1.57. The van der Waals surface area contributed by atoms with E-state index in [4.69, 9.17) is 9.68 Å². The van der Waals surface area contributed by atoms with E-state index in [1.54, 1.807) is 11.3 Å². The predicted molar refractivity (Wildman–Crippen MR) is 63.0 cm³/mol. The van der Waals surface area contributed by atoms with Gasteiger partial charge in [-0.2, -0.15) is 5.26 Å². The molecule has 0 radical (unpaired) electrons. The van der Waals surface area contributed by atoms with Gasteiger partial charge in [-0.25, -0.2) is 0 Å². The van der Waals surface area contributed by atoms with Gasteiger partial charge in [0.25, 0.3) is 0 Å². The highest BCUT2D eigenvalue weighted by atomic mass is 32.1. The van der Waals surface area contributed by atoms with E-state index in [9.17, 15) is 0 Å². The second-order valence-electron chi connectivity index (χ2n) is 3.53. The molecule has 3 nitrogen and oxygen atoms in total. The quantitative estimate of drug-likeness (QED) is 0.881. The third-order valence-electron chi connectivity index (χ3n) is 2.18. The fourth-order valence-corrected chi connectivity index (χ4v) is 2.20. The van der Waals surface area contributed by atoms with Crippen molar-refractivity contribution in [2.24, 2.45) is 0 Å². The van der Waals surface area contributed by atoms with Crippen molar-refractivity contribution in [3.05, 3.63) is 45.5 Å². The number of nitrogens with zero attached hydrogens (tertiary/aromatic N) is 1. The van der Waals surface area contributed by atoms with Crippen molar-refractivity contribution >= 4 is 11.3 Å². The van der Waals surface area contributed by atoms with Crippen molar-refractivity contribution < 1.29 is 4.42 Å². The second kappa shape index (κ2) is 4.97. The highest BCUT2D eigenvalue weighted by Gasteiger charge is 2.00. The first kappa shape index (κ1) is 10.9. The first-order valence-corrected chi connectivity index (χ1v) is 5.89. The number of hydrogen-bond donors (Lipinski definition) is 1. The Kier molecular flexibility index (Phi) is 3.40. The molecule has 82 valence electrons. The lowest BCUT2D eigenvalue weighted by atomic mass is 10.3. The smallest absolute Gasteiger partial charge is 0.117 e. The molecule has 0 amide bonds. The number of furan rings is 1. The van der Waals surface area contributed by atoms with Crippen LogP contribution in [0.5, 0.6) is 0 Å². The molecule has 0 aliphatic heterocycles. The van der Waals surface area contributed by atoms with E-state index < -0.39 is 0 Å². The maximum atomic E-state index is 8.68. The van der Waals surface area contributed by atoms with Crippen LogP contribution in [-0.4, -0.2) is 0 Å². The molecule has 0 aromatic carbocycles. The van der Waals surface area contributed by atoms with E-state index in [0.717, 1.165) is 23.6 Å². The van der Waals surface area contributed by atoms with Crippen molar-refractivity contribution in [1.29, 1.82) is 5.26 Å². The summed E-state index contributed by atoms with van der Waals surface area (Å²) in [4.78, 5) is 1.17. The van der Waals surface area contributed by atoms with Gasteiger partial charge >= 0.3 is 0 Å². The SMILES string of the molecule is Cc1ccc(CNCc2cc(C#N)cs2)o1. The zero-order chi connectivity index (χ0) is 11.4. The molecule has 1 N–H and O–H groups in total. The predicted octanol–water partition coefficient (Wildman–Crippen LogP) is 2.81. The minimum atomic E-state index is 0.716. The summed E-state index contributed by atoms with van der Waals surface area (Å²) in [5, 5.41) is 13.8. The Morgan fingerprint density at radius 2 is 2.31 bits per heavy atom. The Balaban J connectivity index is 1.82. The Bertz CT molecular complexity index is 507. The lowest BCUT2D eigenvalue weighted by molar-refractivity contribution is 0.462. The Morgan fingerprint density at radius 1 is 1.44 bits per heavy atom. The third-order valence-corrected chi connectivity index (χ3v) is 3.11. The fraction of sp³-hybridized carbons (Fsp3) is 0.250. The van der Waals surface area contributed by atoms with Gasteiger partial charge < -0.3 is 9.73 Å². The summed E-state index contributed by atoms with van der Waals surface area (Å²) >= 11 is 1.60. The summed E-state index contributed by atoms with van der Waals surface area (Å²) in [7, 11) is 0. The maximum Gasteiger partial charge on any atom is 0.117 e. The lowest BCUT2D eigenvalue weighted by Gasteiger charge is -1.99. The minimum absolute atomic E-state index is 0.716. The third kappa shape index (κ3) is 2.72. The highest BCUT2D eigenvalue weighted by molar-refractivity contribution is 7.10. The van der Waals surface area contributed by atoms with E-state index in [2.05, 4.69) is 11.4 Å². The molecule has 16 heavy (non-hydrogen) atoms. The molecule has 0 spiro atoms. The molecule has 0 atom stereocenters. The number of aryl methyl sites for hydroxylation is 1. The molecule has 0 aliphatic rings. The summed E-state index contributed by atoms with van der Waals surface area (Å²) in [6.07, 6.45) is 0. The van der Waals surface area contributed by atoms with Crippen LogP contribution >= 0.6 is 11.3 Å². The molecular formula is C12H12N2OS. The number of nitriles is 1. The van der Waals surface area contributed by atoms with Gasteiger partial charge in [-0.3, -0.25) is 0 Å². The second-order valence-corrected chi connectivity index (χ2v) is 4.53. The average molecular weight is 232 g/mol.